The van der Waals surface area contributed by atoms with Gasteiger partial charge >= 0.3 is 0 Å². The van der Waals surface area contributed by atoms with Crippen LogP contribution in [0.3, 0.4) is 0 Å². The molecule has 2 fully saturated rings. The van der Waals surface area contributed by atoms with Gasteiger partial charge in [-0.15, -0.1) is 0 Å². The summed E-state index contributed by atoms with van der Waals surface area (Å²) in [5.41, 5.74) is 6.98. The van der Waals surface area contributed by atoms with Gasteiger partial charge in [0.15, 0.2) is 5.79 Å². The number of ether oxygens (including phenoxy) is 2. The average molecular weight is 290 g/mol. The van der Waals surface area contributed by atoms with E-state index in [-0.39, 0.29) is 6.10 Å². The quantitative estimate of drug-likeness (QED) is 0.922. The summed E-state index contributed by atoms with van der Waals surface area (Å²) in [6.45, 7) is 5.45. The summed E-state index contributed by atoms with van der Waals surface area (Å²) in [5.74, 6) is -0.611. The molecule has 0 amide bonds. The molecular formula is C17H26N2O2. The van der Waals surface area contributed by atoms with E-state index in [1.807, 2.05) is 25.1 Å². The van der Waals surface area contributed by atoms with Crippen LogP contribution < -0.4 is 5.73 Å². The molecule has 1 aromatic rings. The Morgan fingerprint density at radius 1 is 1.29 bits per heavy atom. The second kappa shape index (κ2) is 6.44. The number of nitrogens with zero attached hydrogens (tertiary/aromatic N) is 1. The first kappa shape index (κ1) is 15.0. The summed E-state index contributed by atoms with van der Waals surface area (Å²) < 4.78 is 12.2. The van der Waals surface area contributed by atoms with Gasteiger partial charge in [-0.25, -0.2) is 0 Å². The minimum atomic E-state index is -0.611. The van der Waals surface area contributed by atoms with Gasteiger partial charge in [-0.2, -0.15) is 0 Å². The Balaban J connectivity index is 1.62. The van der Waals surface area contributed by atoms with Crippen molar-refractivity contribution in [1.29, 1.82) is 0 Å². The van der Waals surface area contributed by atoms with Gasteiger partial charge in [-0.1, -0.05) is 36.8 Å². The number of hydrogen-bond acceptors (Lipinski definition) is 4. The van der Waals surface area contributed by atoms with Crippen molar-refractivity contribution in [3.63, 3.8) is 0 Å². The summed E-state index contributed by atoms with van der Waals surface area (Å²) in [5, 5.41) is 0. The van der Waals surface area contributed by atoms with E-state index < -0.39 is 5.79 Å². The molecule has 3 rings (SSSR count). The van der Waals surface area contributed by atoms with Crippen molar-refractivity contribution >= 4 is 0 Å². The maximum absolute atomic E-state index is 6.23. The standard InChI is InChI=1S/C17H26N2O2/c1-17(14-7-3-2-4-8-14)20-13-16(21-17)12-19-10-6-5-9-15(19)11-18/h2-4,7-8,15-16H,5-6,9-13,18H2,1H3. The van der Waals surface area contributed by atoms with Crippen molar-refractivity contribution < 1.29 is 9.47 Å². The Morgan fingerprint density at radius 2 is 2.10 bits per heavy atom. The molecule has 0 radical (unpaired) electrons. The minimum Gasteiger partial charge on any atom is -0.343 e. The van der Waals surface area contributed by atoms with E-state index in [9.17, 15) is 0 Å². The molecule has 0 aromatic heterocycles. The maximum atomic E-state index is 6.23. The highest BCUT2D eigenvalue weighted by molar-refractivity contribution is 5.20. The van der Waals surface area contributed by atoms with Crippen LogP contribution in [0.15, 0.2) is 30.3 Å². The van der Waals surface area contributed by atoms with Gasteiger partial charge in [-0.3, -0.25) is 4.90 Å². The normalized spacial score (nSPS) is 34.2. The Bertz CT molecular complexity index is 453. The monoisotopic (exact) mass is 290 g/mol. The van der Waals surface area contributed by atoms with Gasteiger partial charge < -0.3 is 15.2 Å². The smallest absolute Gasteiger partial charge is 0.192 e. The summed E-state index contributed by atoms with van der Waals surface area (Å²) in [7, 11) is 0. The number of benzene rings is 1. The van der Waals surface area contributed by atoms with E-state index in [1.165, 1.54) is 19.3 Å². The number of piperidine rings is 1. The Labute approximate surface area is 127 Å². The third-order valence-electron chi connectivity index (χ3n) is 4.69. The zero-order chi connectivity index (χ0) is 14.7. The van der Waals surface area contributed by atoms with Crippen LogP contribution in [0.5, 0.6) is 0 Å². The SMILES string of the molecule is CC1(c2ccccc2)OCC(CN2CCCCC2CN)O1. The van der Waals surface area contributed by atoms with E-state index in [4.69, 9.17) is 15.2 Å². The third-order valence-corrected chi connectivity index (χ3v) is 4.69. The predicted molar refractivity (Wildman–Crippen MR) is 82.9 cm³/mol. The lowest BCUT2D eigenvalue weighted by Crippen LogP contribution is -2.47. The Hall–Kier alpha value is -0.940. The van der Waals surface area contributed by atoms with Crippen LogP contribution in [0.4, 0.5) is 0 Å². The minimum absolute atomic E-state index is 0.127. The first-order valence-electron chi connectivity index (χ1n) is 8.03. The molecule has 2 aliphatic rings. The van der Waals surface area contributed by atoms with Gasteiger partial charge in [0, 0.05) is 24.7 Å². The molecule has 2 heterocycles. The van der Waals surface area contributed by atoms with Crippen LogP contribution in [-0.2, 0) is 15.3 Å². The molecule has 1 aromatic carbocycles. The topological polar surface area (TPSA) is 47.7 Å². The highest BCUT2D eigenvalue weighted by atomic mass is 16.7. The summed E-state index contributed by atoms with van der Waals surface area (Å²) >= 11 is 0. The van der Waals surface area contributed by atoms with Crippen LogP contribution in [0.2, 0.25) is 0 Å². The van der Waals surface area contributed by atoms with Gasteiger partial charge in [0.05, 0.1) is 12.7 Å². The van der Waals surface area contributed by atoms with E-state index in [0.29, 0.717) is 12.6 Å². The molecule has 4 nitrogen and oxygen atoms in total. The largest absolute Gasteiger partial charge is 0.343 e. The molecular weight excluding hydrogens is 264 g/mol. The molecule has 0 aliphatic carbocycles. The fraction of sp³-hybridized carbons (Fsp3) is 0.647. The van der Waals surface area contributed by atoms with Crippen molar-refractivity contribution in [1.82, 2.24) is 4.90 Å². The molecule has 0 bridgehead atoms. The lowest BCUT2D eigenvalue weighted by Gasteiger charge is -2.36. The summed E-state index contributed by atoms with van der Waals surface area (Å²) in [4.78, 5) is 2.48. The molecule has 3 unspecified atom stereocenters. The van der Waals surface area contributed by atoms with Crippen molar-refractivity contribution in [2.45, 2.75) is 44.1 Å². The van der Waals surface area contributed by atoms with Gasteiger partial charge in [0.25, 0.3) is 0 Å². The molecule has 2 saturated heterocycles. The first-order valence-corrected chi connectivity index (χ1v) is 8.03. The van der Waals surface area contributed by atoms with Gasteiger partial charge in [0.1, 0.15) is 0 Å². The van der Waals surface area contributed by atoms with Crippen LogP contribution in [0.25, 0.3) is 0 Å². The molecule has 3 atom stereocenters. The lowest BCUT2D eigenvalue weighted by molar-refractivity contribution is -0.164. The van der Waals surface area contributed by atoms with Gasteiger partial charge in [0.2, 0.25) is 0 Å². The maximum Gasteiger partial charge on any atom is 0.192 e. The van der Waals surface area contributed by atoms with Crippen molar-refractivity contribution in [2.24, 2.45) is 5.73 Å². The molecule has 0 spiro atoms. The number of likely N-dealkylation sites (tertiary alicyclic amines) is 1. The van der Waals surface area contributed by atoms with E-state index in [2.05, 4.69) is 17.0 Å². The fourth-order valence-corrected chi connectivity index (χ4v) is 3.45. The first-order chi connectivity index (χ1) is 10.2. The van der Waals surface area contributed by atoms with Crippen molar-refractivity contribution in [3.8, 4) is 0 Å². The van der Waals surface area contributed by atoms with E-state index >= 15 is 0 Å². The average Bonchev–Trinajstić information content (AvgIpc) is 2.91. The Kier molecular flexibility index (Phi) is 4.60. The number of hydrogen-bond donors (Lipinski definition) is 1. The summed E-state index contributed by atoms with van der Waals surface area (Å²) in [6.07, 6.45) is 3.89. The van der Waals surface area contributed by atoms with Gasteiger partial charge in [-0.05, 0) is 26.3 Å². The van der Waals surface area contributed by atoms with Crippen molar-refractivity contribution in [3.05, 3.63) is 35.9 Å². The molecule has 21 heavy (non-hydrogen) atoms. The second-order valence-corrected chi connectivity index (χ2v) is 6.24. The second-order valence-electron chi connectivity index (χ2n) is 6.24. The predicted octanol–water partition coefficient (Wildman–Crippen LogP) is 2.09. The zero-order valence-corrected chi connectivity index (χ0v) is 12.8. The number of nitrogens with two attached hydrogens (primary N) is 1. The zero-order valence-electron chi connectivity index (χ0n) is 12.8. The van der Waals surface area contributed by atoms with Crippen LogP contribution in [-0.4, -0.2) is 43.3 Å². The molecule has 0 saturated carbocycles. The summed E-state index contributed by atoms with van der Waals surface area (Å²) in [6, 6.07) is 10.7. The highest BCUT2D eigenvalue weighted by Crippen LogP contribution is 2.34. The Morgan fingerprint density at radius 3 is 2.86 bits per heavy atom. The molecule has 4 heteroatoms. The molecule has 2 aliphatic heterocycles. The third kappa shape index (κ3) is 3.29. The van der Waals surface area contributed by atoms with E-state index in [0.717, 1.165) is 25.2 Å². The molecule has 116 valence electrons. The fourth-order valence-electron chi connectivity index (χ4n) is 3.45. The van der Waals surface area contributed by atoms with Crippen molar-refractivity contribution in [2.75, 3.05) is 26.2 Å². The van der Waals surface area contributed by atoms with Crippen LogP contribution in [0.1, 0.15) is 31.7 Å². The number of rotatable bonds is 4. The highest BCUT2D eigenvalue weighted by Gasteiger charge is 2.40. The van der Waals surface area contributed by atoms with Crippen LogP contribution in [0, 0.1) is 0 Å². The van der Waals surface area contributed by atoms with Crippen LogP contribution >= 0.6 is 0 Å². The van der Waals surface area contributed by atoms with E-state index in [1.54, 1.807) is 0 Å². The molecule has 2 N–H and O–H groups in total. The lowest BCUT2D eigenvalue weighted by atomic mass is 10.0.